The fourth-order valence-corrected chi connectivity index (χ4v) is 5.76. The van der Waals surface area contributed by atoms with Crippen LogP contribution in [0.3, 0.4) is 0 Å². The maximum absolute atomic E-state index is 13.3. The van der Waals surface area contributed by atoms with E-state index in [9.17, 15) is 8.42 Å². The van der Waals surface area contributed by atoms with Crippen molar-refractivity contribution in [1.29, 1.82) is 0 Å². The van der Waals surface area contributed by atoms with Crippen LogP contribution in [0.15, 0.2) is 53.4 Å². The summed E-state index contributed by atoms with van der Waals surface area (Å²) < 4.78 is 34.0. The number of hydrogen-bond acceptors (Lipinski definition) is 4. The Kier molecular flexibility index (Phi) is 4.46. The second kappa shape index (κ2) is 7.02. The molecule has 2 aromatic carbocycles. The number of pyridine rings is 1. The summed E-state index contributed by atoms with van der Waals surface area (Å²) in [4.78, 5) is 4.95. The summed E-state index contributed by atoms with van der Waals surface area (Å²) in [5.41, 5.74) is 2.96. The summed E-state index contributed by atoms with van der Waals surface area (Å²) in [5.74, 6) is 1.28. The molecule has 1 aliphatic heterocycles. The van der Waals surface area contributed by atoms with E-state index in [4.69, 9.17) is 4.74 Å². The Labute approximate surface area is 171 Å². The third kappa shape index (κ3) is 3.35. The van der Waals surface area contributed by atoms with Crippen molar-refractivity contribution in [3.05, 3.63) is 59.7 Å². The first-order valence-corrected chi connectivity index (χ1v) is 11.6. The zero-order valence-corrected chi connectivity index (χ0v) is 17.3. The van der Waals surface area contributed by atoms with Crippen LogP contribution in [0.5, 0.6) is 5.75 Å². The minimum atomic E-state index is -3.66. The fourth-order valence-electron chi connectivity index (χ4n) is 4.31. The van der Waals surface area contributed by atoms with Crippen molar-refractivity contribution in [3.8, 4) is 5.75 Å². The van der Waals surface area contributed by atoms with Gasteiger partial charge in [-0.15, -0.1) is 0 Å². The normalized spacial score (nSPS) is 17.1. The topological polar surface area (TPSA) is 59.5 Å². The molecule has 1 aliphatic carbocycles. The highest BCUT2D eigenvalue weighted by atomic mass is 32.2. The average molecular weight is 409 g/mol. The first-order chi connectivity index (χ1) is 14.0. The van der Waals surface area contributed by atoms with E-state index in [1.807, 2.05) is 19.1 Å². The van der Waals surface area contributed by atoms with E-state index < -0.39 is 10.0 Å². The molecule has 0 amide bonds. The van der Waals surface area contributed by atoms with Gasteiger partial charge in [-0.2, -0.15) is 0 Å². The fraction of sp³-hybridized carbons (Fsp3) is 0.348. The van der Waals surface area contributed by atoms with Crippen LogP contribution in [0.1, 0.15) is 36.8 Å². The van der Waals surface area contributed by atoms with Gasteiger partial charge in [0.05, 0.1) is 16.5 Å². The SMILES string of the molecule is Cc1ccc2nc3c(cc2c1)CCN3S(=O)(=O)c1ccc(OC2CCCC2)cc1. The average Bonchev–Trinajstić information content (AvgIpc) is 3.36. The van der Waals surface area contributed by atoms with Crippen molar-refractivity contribution in [2.24, 2.45) is 0 Å². The summed E-state index contributed by atoms with van der Waals surface area (Å²) in [6.45, 7) is 2.46. The van der Waals surface area contributed by atoms with Crippen LogP contribution in [0.4, 0.5) is 5.82 Å². The van der Waals surface area contributed by atoms with Gasteiger partial charge < -0.3 is 4.74 Å². The molecule has 0 N–H and O–H groups in total. The Morgan fingerprint density at radius 3 is 2.55 bits per heavy atom. The number of sulfonamides is 1. The van der Waals surface area contributed by atoms with E-state index in [0.717, 1.165) is 35.1 Å². The highest BCUT2D eigenvalue weighted by molar-refractivity contribution is 7.92. The lowest BCUT2D eigenvalue weighted by Crippen LogP contribution is -2.29. The summed E-state index contributed by atoms with van der Waals surface area (Å²) in [6.07, 6.45) is 5.48. The highest BCUT2D eigenvalue weighted by Gasteiger charge is 2.32. The molecule has 1 aromatic heterocycles. The van der Waals surface area contributed by atoms with Gasteiger partial charge in [0.15, 0.2) is 0 Å². The number of anilines is 1. The van der Waals surface area contributed by atoms with Gasteiger partial charge in [0.25, 0.3) is 10.0 Å². The van der Waals surface area contributed by atoms with Gasteiger partial charge in [-0.3, -0.25) is 0 Å². The zero-order chi connectivity index (χ0) is 20.0. The van der Waals surface area contributed by atoms with E-state index in [1.165, 1.54) is 22.7 Å². The molecule has 150 valence electrons. The lowest BCUT2D eigenvalue weighted by atomic mass is 10.1. The van der Waals surface area contributed by atoms with Crippen LogP contribution in [0.2, 0.25) is 0 Å². The number of benzene rings is 2. The van der Waals surface area contributed by atoms with Crippen molar-refractivity contribution in [2.45, 2.75) is 50.0 Å². The third-order valence-electron chi connectivity index (χ3n) is 5.86. The summed E-state index contributed by atoms with van der Waals surface area (Å²) in [6, 6.07) is 14.9. The molecule has 0 atom stereocenters. The van der Waals surface area contributed by atoms with Gasteiger partial charge in [-0.05, 0) is 87.1 Å². The van der Waals surface area contributed by atoms with Crippen molar-refractivity contribution in [1.82, 2.24) is 4.98 Å². The number of fused-ring (bicyclic) bond motifs is 2. The Hall–Kier alpha value is -2.60. The van der Waals surface area contributed by atoms with Crippen LogP contribution in [-0.2, 0) is 16.4 Å². The lowest BCUT2D eigenvalue weighted by molar-refractivity contribution is 0.210. The molecule has 0 bridgehead atoms. The first kappa shape index (κ1) is 18.4. The predicted octanol–water partition coefficient (Wildman–Crippen LogP) is 4.62. The van der Waals surface area contributed by atoms with E-state index in [1.54, 1.807) is 24.3 Å². The number of nitrogens with zero attached hydrogens (tertiary/aromatic N) is 2. The van der Waals surface area contributed by atoms with Gasteiger partial charge >= 0.3 is 0 Å². The first-order valence-electron chi connectivity index (χ1n) is 10.2. The molecule has 0 unspecified atom stereocenters. The minimum Gasteiger partial charge on any atom is -0.490 e. The molecule has 0 spiro atoms. The van der Waals surface area contributed by atoms with Gasteiger partial charge in [0.2, 0.25) is 0 Å². The van der Waals surface area contributed by atoms with Crippen LogP contribution < -0.4 is 9.04 Å². The van der Waals surface area contributed by atoms with Crippen LogP contribution >= 0.6 is 0 Å². The van der Waals surface area contributed by atoms with Crippen molar-refractivity contribution in [3.63, 3.8) is 0 Å². The van der Waals surface area contributed by atoms with E-state index in [0.29, 0.717) is 18.8 Å². The summed E-state index contributed by atoms with van der Waals surface area (Å²) >= 11 is 0. The van der Waals surface area contributed by atoms with E-state index in [-0.39, 0.29) is 11.0 Å². The molecule has 0 saturated heterocycles. The minimum absolute atomic E-state index is 0.254. The monoisotopic (exact) mass is 408 g/mol. The Morgan fingerprint density at radius 2 is 1.79 bits per heavy atom. The lowest BCUT2D eigenvalue weighted by Gasteiger charge is -2.19. The third-order valence-corrected chi connectivity index (χ3v) is 7.67. The Balaban J connectivity index is 1.44. The molecule has 3 aromatic rings. The van der Waals surface area contributed by atoms with Gasteiger partial charge in [0, 0.05) is 11.9 Å². The molecule has 5 rings (SSSR count). The summed E-state index contributed by atoms with van der Waals surface area (Å²) in [7, 11) is -3.66. The molecule has 2 heterocycles. The molecular weight excluding hydrogens is 384 g/mol. The molecule has 2 aliphatic rings. The van der Waals surface area contributed by atoms with Gasteiger partial charge in [-0.1, -0.05) is 11.6 Å². The second-order valence-corrected chi connectivity index (χ2v) is 9.85. The molecule has 1 fully saturated rings. The van der Waals surface area contributed by atoms with Crippen molar-refractivity contribution in [2.75, 3.05) is 10.8 Å². The molecular formula is C23H24N2O3S. The smallest absolute Gasteiger partial charge is 0.265 e. The van der Waals surface area contributed by atoms with Crippen LogP contribution in [-0.4, -0.2) is 26.1 Å². The Bertz CT molecular complexity index is 1170. The van der Waals surface area contributed by atoms with Gasteiger partial charge in [0.1, 0.15) is 11.6 Å². The second-order valence-electron chi connectivity index (χ2n) is 7.99. The Morgan fingerprint density at radius 1 is 1.03 bits per heavy atom. The molecule has 0 radical (unpaired) electrons. The standard InChI is InChI=1S/C23H24N2O3S/c1-16-6-11-22-18(14-16)15-17-12-13-25(23(17)24-22)29(26,27)21-9-7-20(8-10-21)28-19-4-2-3-5-19/h6-11,14-15,19H,2-5,12-13H2,1H3. The quantitative estimate of drug-likeness (QED) is 0.632. The van der Waals surface area contributed by atoms with E-state index in [2.05, 4.69) is 17.1 Å². The number of aryl methyl sites for hydroxylation is 1. The maximum atomic E-state index is 13.3. The maximum Gasteiger partial charge on any atom is 0.265 e. The highest BCUT2D eigenvalue weighted by Crippen LogP contribution is 2.34. The van der Waals surface area contributed by atoms with E-state index >= 15 is 0 Å². The largest absolute Gasteiger partial charge is 0.490 e. The molecule has 6 heteroatoms. The number of ether oxygens (including phenoxy) is 1. The predicted molar refractivity (Wildman–Crippen MR) is 114 cm³/mol. The summed E-state index contributed by atoms with van der Waals surface area (Å²) in [5, 5.41) is 1.05. The van der Waals surface area contributed by atoms with Crippen LogP contribution in [0.25, 0.3) is 10.9 Å². The van der Waals surface area contributed by atoms with Crippen LogP contribution in [0, 0.1) is 6.92 Å². The molecule has 5 nitrogen and oxygen atoms in total. The van der Waals surface area contributed by atoms with Gasteiger partial charge in [-0.25, -0.2) is 17.7 Å². The van der Waals surface area contributed by atoms with Crippen molar-refractivity contribution >= 4 is 26.7 Å². The zero-order valence-electron chi connectivity index (χ0n) is 16.5. The van der Waals surface area contributed by atoms with Crippen molar-refractivity contribution < 1.29 is 13.2 Å². The molecule has 1 saturated carbocycles. The number of aromatic nitrogens is 1. The molecule has 29 heavy (non-hydrogen) atoms. The number of hydrogen-bond donors (Lipinski definition) is 0. The number of rotatable bonds is 4.